The molecule has 0 saturated heterocycles. The van der Waals surface area contributed by atoms with Crippen LogP contribution in [0.3, 0.4) is 0 Å². The predicted molar refractivity (Wildman–Crippen MR) is 100 cm³/mol. The third kappa shape index (κ3) is 2.61. The smallest absolute Gasteiger partial charge is 0.255 e. The van der Waals surface area contributed by atoms with Crippen molar-refractivity contribution in [1.29, 1.82) is 0 Å². The molecule has 1 aromatic heterocycles. The van der Waals surface area contributed by atoms with E-state index >= 15 is 0 Å². The molecule has 1 N–H and O–H groups in total. The maximum absolute atomic E-state index is 12.8. The van der Waals surface area contributed by atoms with Crippen LogP contribution in [0.5, 0.6) is 0 Å². The van der Waals surface area contributed by atoms with Crippen LogP contribution in [0.25, 0.3) is 10.9 Å². The first-order valence-electron chi connectivity index (χ1n) is 8.31. The van der Waals surface area contributed by atoms with Gasteiger partial charge in [-0.05, 0) is 43.2 Å². The molecule has 122 valence electrons. The Morgan fingerprint density at radius 1 is 1.12 bits per heavy atom. The van der Waals surface area contributed by atoms with Gasteiger partial charge in [0, 0.05) is 41.0 Å². The molecule has 0 unspecified atom stereocenters. The first kappa shape index (κ1) is 15.3. The molecular formula is C20H20N2OS. The molecule has 2 heterocycles. The van der Waals surface area contributed by atoms with Gasteiger partial charge in [0.05, 0.1) is 5.56 Å². The van der Waals surface area contributed by atoms with E-state index in [1.54, 1.807) is 0 Å². The maximum atomic E-state index is 12.8. The Hall–Kier alpha value is -2.20. The summed E-state index contributed by atoms with van der Waals surface area (Å²) >= 11 is 4.43. The summed E-state index contributed by atoms with van der Waals surface area (Å²) in [4.78, 5) is 19.1. The normalized spacial score (nSPS) is 14.5. The number of aromatic nitrogens is 1. The van der Waals surface area contributed by atoms with Gasteiger partial charge in [0.1, 0.15) is 0 Å². The lowest BCUT2D eigenvalue weighted by atomic mass is 10.1. The van der Waals surface area contributed by atoms with Crippen LogP contribution in [0, 0.1) is 6.92 Å². The van der Waals surface area contributed by atoms with E-state index < -0.39 is 0 Å². The molecule has 2 aromatic carbocycles. The van der Waals surface area contributed by atoms with E-state index in [0.29, 0.717) is 5.56 Å². The number of aromatic amines is 1. The summed E-state index contributed by atoms with van der Waals surface area (Å²) in [6.45, 7) is 3.60. The number of thiol groups is 1. The van der Waals surface area contributed by atoms with Crippen molar-refractivity contribution in [2.24, 2.45) is 0 Å². The van der Waals surface area contributed by atoms with Crippen LogP contribution in [-0.2, 0) is 12.8 Å². The highest BCUT2D eigenvalue weighted by Crippen LogP contribution is 2.27. The molecule has 1 amide bonds. The first-order valence-corrected chi connectivity index (χ1v) is 8.75. The van der Waals surface area contributed by atoms with Gasteiger partial charge >= 0.3 is 0 Å². The fourth-order valence-corrected chi connectivity index (χ4v) is 3.81. The highest BCUT2D eigenvalue weighted by atomic mass is 32.1. The van der Waals surface area contributed by atoms with Crippen LogP contribution < -0.4 is 0 Å². The van der Waals surface area contributed by atoms with Gasteiger partial charge in [0.2, 0.25) is 0 Å². The van der Waals surface area contributed by atoms with Gasteiger partial charge in [0.25, 0.3) is 5.91 Å². The van der Waals surface area contributed by atoms with Crippen molar-refractivity contribution in [3.63, 3.8) is 0 Å². The van der Waals surface area contributed by atoms with Crippen molar-refractivity contribution < 1.29 is 4.79 Å². The Morgan fingerprint density at radius 3 is 2.75 bits per heavy atom. The number of nitrogens with one attached hydrogen (secondary N) is 1. The average Bonchev–Trinajstić information content (AvgIpc) is 2.78. The Morgan fingerprint density at radius 2 is 1.92 bits per heavy atom. The predicted octanol–water partition coefficient (Wildman–Crippen LogP) is 4.01. The summed E-state index contributed by atoms with van der Waals surface area (Å²) in [7, 11) is 0. The number of hydrogen-bond donors (Lipinski definition) is 2. The van der Waals surface area contributed by atoms with Crippen molar-refractivity contribution >= 4 is 29.4 Å². The molecule has 3 aromatic rings. The van der Waals surface area contributed by atoms with E-state index in [-0.39, 0.29) is 5.91 Å². The SMILES string of the molecule is Cc1ccc2[nH]c3c(c2c1)CCN(C(=O)c1ccccc1S)CC3. The van der Waals surface area contributed by atoms with E-state index in [9.17, 15) is 4.79 Å². The standard InChI is InChI=1S/C20H20N2OS/c1-13-6-7-17-16(12-13)14-8-10-22(11-9-18(14)21-17)20(23)15-4-2-3-5-19(15)24/h2-7,12,21,24H,8-11H2,1H3. The number of amides is 1. The summed E-state index contributed by atoms with van der Waals surface area (Å²) in [5.74, 6) is 0.0752. The van der Waals surface area contributed by atoms with Gasteiger partial charge in [-0.15, -0.1) is 12.6 Å². The molecule has 1 aliphatic rings. The van der Waals surface area contributed by atoms with Crippen LogP contribution in [0.1, 0.15) is 27.2 Å². The van der Waals surface area contributed by atoms with E-state index in [1.165, 1.54) is 27.7 Å². The third-order valence-corrected chi connectivity index (χ3v) is 5.23. The first-order chi connectivity index (χ1) is 11.6. The lowest BCUT2D eigenvalue weighted by Gasteiger charge is -2.21. The van der Waals surface area contributed by atoms with Gasteiger partial charge in [-0.1, -0.05) is 23.8 Å². The Kier molecular flexibility index (Phi) is 3.85. The molecule has 0 spiro atoms. The molecule has 0 saturated carbocycles. The van der Waals surface area contributed by atoms with Gasteiger partial charge < -0.3 is 9.88 Å². The Balaban J connectivity index is 1.62. The van der Waals surface area contributed by atoms with Crippen LogP contribution >= 0.6 is 12.6 Å². The number of benzene rings is 2. The fourth-order valence-electron chi connectivity index (χ4n) is 3.55. The monoisotopic (exact) mass is 336 g/mol. The van der Waals surface area contributed by atoms with Crippen molar-refractivity contribution in [2.45, 2.75) is 24.7 Å². The largest absolute Gasteiger partial charge is 0.358 e. The van der Waals surface area contributed by atoms with E-state index in [4.69, 9.17) is 0 Å². The lowest BCUT2D eigenvalue weighted by Crippen LogP contribution is -2.33. The van der Waals surface area contributed by atoms with Gasteiger partial charge in [0.15, 0.2) is 0 Å². The van der Waals surface area contributed by atoms with Crippen molar-refractivity contribution in [2.75, 3.05) is 13.1 Å². The zero-order valence-corrected chi connectivity index (χ0v) is 14.6. The molecule has 0 bridgehead atoms. The van der Waals surface area contributed by atoms with E-state index in [0.717, 1.165) is 30.8 Å². The zero-order valence-electron chi connectivity index (χ0n) is 13.7. The summed E-state index contributed by atoms with van der Waals surface area (Å²) in [5.41, 5.74) is 5.79. The number of carbonyl (C=O) groups is 1. The minimum atomic E-state index is 0.0752. The second kappa shape index (κ2) is 6.02. The van der Waals surface area contributed by atoms with E-state index in [1.807, 2.05) is 29.2 Å². The number of carbonyl (C=O) groups excluding carboxylic acids is 1. The maximum Gasteiger partial charge on any atom is 0.255 e. The zero-order chi connectivity index (χ0) is 16.7. The molecule has 0 radical (unpaired) electrons. The third-order valence-electron chi connectivity index (χ3n) is 4.84. The number of rotatable bonds is 1. The summed E-state index contributed by atoms with van der Waals surface area (Å²) in [5, 5.41) is 1.30. The second-order valence-corrected chi connectivity index (χ2v) is 6.92. The van der Waals surface area contributed by atoms with Gasteiger partial charge in [-0.3, -0.25) is 4.79 Å². The lowest BCUT2D eigenvalue weighted by molar-refractivity contribution is 0.0759. The van der Waals surface area contributed by atoms with Crippen LogP contribution in [-0.4, -0.2) is 28.9 Å². The quantitative estimate of drug-likeness (QED) is 0.647. The topological polar surface area (TPSA) is 36.1 Å². The fraction of sp³-hybridized carbons (Fsp3) is 0.250. The molecule has 3 nitrogen and oxygen atoms in total. The second-order valence-electron chi connectivity index (χ2n) is 6.44. The molecule has 0 aliphatic carbocycles. The van der Waals surface area contributed by atoms with Gasteiger partial charge in [-0.2, -0.15) is 0 Å². The van der Waals surface area contributed by atoms with Crippen molar-refractivity contribution in [3.8, 4) is 0 Å². The summed E-state index contributed by atoms with van der Waals surface area (Å²) in [6.07, 6.45) is 1.75. The summed E-state index contributed by atoms with van der Waals surface area (Å²) < 4.78 is 0. The van der Waals surface area contributed by atoms with Crippen molar-refractivity contribution in [1.82, 2.24) is 9.88 Å². The van der Waals surface area contributed by atoms with Gasteiger partial charge in [-0.25, -0.2) is 0 Å². The molecule has 0 atom stereocenters. The molecule has 24 heavy (non-hydrogen) atoms. The number of hydrogen-bond acceptors (Lipinski definition) is 2. The minimum Gasteiger partial charge on any atom is -0.358 e. The highest BCUT2D eigenvalue weighted by molar-refractivity contribution is 7.80. The van der Waals surface area contributed by atoms with Crippen molar-refractivity contribution in [3.05, 3.63) is 64.8 Å². The van der Waals surface area contributed by atoms with Crippen LogP contribution in [0.15, 0.2) is 47.4 Å². The molecule has 1 aliphatic heterocycles. The highest BCUT2D eigenvalue weighted by Gasteiger charge is 2.23. The Labute approximate surface area is 147 Å². The average molecular weight is 336 g/mol. The molecule has 0 fully saturated rings. The number of fused-ring (bicyclic) bond motifs is 3. The summed E-state index contributed by atoms with van der Waals surface area (Å²) in [6, 6.07) is 14.0. The molecule has 4 rings (SSSR count). The molecular weight excluding hydrogens is 316 g/mol. The van der Waals surface area contributed by atoms with Crippen LogP contribution in [0.2, 0.25) is 0 Å². The van der Waals surface area contributed by atoms with E-state index in [2.05, 4.69) is 42.7 Å². The van der Waals surface area contributed by atoms with Crippen LogP contribution in [0.4, 0.5) is 0 Å². The number of H-pyrrole nitrogens is 1. The number of aryl methyl sites for hydroxylation is 1. The number of nitrogens with zero attached hydrogens (tertiary/aromatic N) is 1. The molecule has 4 heteroatoms. The Bertz CT molecular complexity index is 929. The minimum absolute atomic E-state index is 0.0752.